The summed E-state index contributed by atoms with van der Waals surface area (Å²) >= 11 is 0. The largest absolute Gasteiger partial charge is 0.368 e. The molecule has 0 saturated heterocycles. The Kier molecular flexibility index (Phi) is 2.93. The Balaban J connectivity index is 2.16. The van der Waals surface area contributed by atoms with E-state index < -0.39 is 0 Å². The summed E-state index contributed by atoms with van der Waals surface area (Å²) in [7, 11) is 0. The fourth-order valence-electron chi connectivity index (χ4n) is 3.09. The minimum atomic E-state index is -0.0803. The van der Waals surface area contributed by atoms with Crippen molar-refractivity contribution >= 4 is 5.95 Å². The molecule has 4 heteroatoms. The van der Waals surface area contributed by atoms with Crippen LogP contribution in [-0.2, 0) is 5.41 Å². The fraction of sp³-hybridized carbons (Fsp3) is 0.400. The summed E-state index contributed by atoms with van der Waals surface area (Å²) in [6.07, 6.45) is 4.58. The van der Waals surface area contributed by atoms with Crippen molar-refractivity contribution in [2.75, 3.05) is 5.73 Å². The quantitative estimate of drug-likeness (QED) is 0.894. The van der Waals surface area contributed by atoms with Crippen LogP contribution in [0, 0.1) is 6.92 Å². The highest BCUT2D eigenvalue weighted by atomic mass is 15.1. The highest BCUT2D eigenvalue weighted by Gasteiger charge is 2.40. The molecule has 2 aromatic rings. The van der Waals surface area contributed by atoms with E-state index in [0.29, 0.717) is 11.8 Å². The van der Waals surface area contributed by atoms with Gasteiger partial charge in [0.2, 0.25) is 5.95 Å². The van der Waals surface area contributed by atoms with Crippen LogP contribution >= 0.6 is 0 Å². The molecule has 0 amide bonds. The molecule has 0 spiro atoms. The lowest BCUT2D eigenvalue weighted by Crippen LogP contribution is -2.27. The highest BCUT2D eigenvalue weighted by molar-refractivity contribution is 5.35. The summed E-state index contributed by atoms with van der Waals surface area (Å²) in [6, 6.07) is 10.5. The van der Waals surface area contributed by atoms with E-state index in [1.54, 1.807) is 0 Å². The molecule has 0 radical (unpaired) electrons. The van der Waals surface area contributed by atoms with Crippen LogP contribution in [-0.4, -0.2) is 15.0 Å². The molecule has 2 N–H and O–H groups in total. The van der Waals surface area contributed by atoms with Gasteiger partial charge >= 0.3 is 0 Å². The summed E-state index contributed by atoms with van der Waals surface area (Å²) in [5.74, 6) is 1.86. The normalized spacial score (nSPS) is 17.5. The summed E-state index contributed by atoms with van der Waals surface area (Å²) in [6.45, 7) is 1.87. The van der Waals surface area contributed by atoms with E-state index in [2.05, 4.69) is 39.2 Å². The van der Waals surface area contributed by atoms with E-state index in [0.717, 1.165) is 18.7 Å². The van der Waals surface area contributed by atoms with E-state index >= 15 is 0 Å². The first kappa shape index (κ1) is 12.1. The van der Waals surface area contributed by atoms with Gasteiger partial charge in [-0.05, 0) is 25.3 Å². The first-order chi connectivity index (χ1) is 9.21. The van der Waals surface area contributed by atoms with Gasteiger partial charge in [0.05, 0.1) is 5.41 Å². The minimum Gasteiger partial charge on any atom is -0.368 e. The van der Waals surface area contributed by atoms with Crippen molar-refractivity contribution in [3.05, 3.63) is 47.5 Å². The van der Waals surface area contributed by atoms with Gasteiger partial charge in [-0.2, -0.15) is 9.97 Å². The number of nitrogens with zero attached hydrogens (tertiary/aromatic N) is 3. The third kappa shape index (κ3) is 2.07. The molecule has 1 aromatic carbocycles. The lowest BCUT2D eigenvalue weighted by atomic mass is 9.78. The molecule has 0 unspecified atom stereocenters. The van der Waals surface area contributed by atoms with Crippen molar-refractivity contribution in [1.82, 2.24) is 15.0 Å². The lowest BCUT2D eigenvalue weighted by molar-refractivity contribution is 0.495. The molecular formula is C15H18N4. The molecule has 1 heterocycles. The molecule has 1 fully saturated rings. The molecule has 1 aliphatic rings. The molecule has 4 nitrogen and oxygen atoms in total. The zero-order chi connectivity index (χ0) is 13.3. The molecule has 0 aliphatic heterocycles. The van der Waals surface area contributed by atoms with Crippen molar-refractivity contribution in [1.29, 1.82) is 0 Å². The van der Waals surface area contributed by atoms with Crippen molar-refractivity contribution in [2.45, 2.75) is 38.0 Å². The molecule has 0 bridgehead atoms. The number of rotatable bonds is 2. The summed E-state index contributed by atoms with van der Waals surface area (Å²) < 4.78 is 0. The van der Waals surface area contributed by atoms with Gasteiger partial charge in [-0.25, -0.2) is 4.98 Å². The number of nitrogen functional groups attached to an aromatic ring is 1. The number of hydrogen-bond donors (Lipinski definition) is 1. The van der Waals surface area contributed by atoms with Crippen LogP contribution in [0.5, 0.6) is 0 Å². The number of aromatic nitrogens is 3. The van der Waals surface area contributed by atoms with Gasteiger partial charge in [0.1, 0.15) is 11.6 Å². The Hall–Kier alpha value is -1.97. The molecule has 0 atom stereocenters. The van der Waals surface area contributed by atoms with Crippen molar-refractivity contribution in [3.63, 3.8) is 0 Å². The van der Waals surface area contributed by atoms with E-state index in [1.807, 2.05) is 13.0 Å². The average molecular weight is 254 g/mol. The van der Waals surface area contributed by atoms with Crippen LogP contribution in [0.2, 0.25) is 0 Å². The summed E-state index contributed by atoms with van der Waals surface area (Å²) in [5.41, 5.74) is 7.01. The SMILES string of the molecule is Cc1nc(N)nc(C2(c3ccccc3)CCCC2)n1. The molecular weight excluding hydrogens is 236 g/mol. The molecule has 1 aromatic heterocycles. The Morgan fingerprint density at radius 3 is 2.32 bits per heavy atom. The van der Waals surface area contributed by atoms with Crippen LogP contribution < -0.4 is 5.73 Å². The topological polar surface area (TPSA) is 64.7 Å². The monoisotopic (exact) mass is 254 g/mol. The van der Waals surface area contributed by atoms with Gasteiger partial charge in [-0.15, -0.1) is 0 Å². The van der Waals surface area contributed by atoms with Gasteiger partial charge in [0.25, 0.3) is 0 Å². The maximum atomic E-state index is 5.80. The first-order valence-electron chi connectivity index (χ1n) is 6.75. The number of aryl methyl sites for hydroxylation is 1. The average Bonchev–Trinajstić information content (AvgIpc) is 2.89. The maximum Gasteiger partial charge on any atom is 0.223 e. The van der Waals surface area contributed by atoms with Gasteiger partial charge in [0, 0.05) is 0 Å². The zero-order valence-electron chi connectivity index (χ0n) is 11.1. The van der Waals surface area contributed by atoms with Gasteiger partial charge in [0.15, 0.2) is 0 Å². The smallest absolute Gasteiger partial charge is 0.223 e. The van der Waals surface area contributed by atoms with Gasteiger partial charge < -0.3 is 5.73 Å². The Morgan fingerprint density at radius 1 is 1.00 bits per heavy atom. The number of benzene rings is 1. The third-order valence-corrected chi connectivity index (χ3v) is 3.98. The second-order valence-electron chi connectivity index (χ2n) is 5.22. The van der Waals surface area contributed by atoms with Crippen LogP contribution in [0.3, 0.4) is 0 Å². The maximum absolute atomic E-state index is 5.80. The summed E-state index contributed by atoms with van der Waals surface area (Å²) in [5, 5.41) is 0. The van der Waals surface area contributed by atoms with Crippen LogP contribution in [0.4, 0.5) is 5.95 Å². The molecule has 98 valence electrons. The van der Waals surface area contributed by atoms with E-state index in [-0.39, 0.29) is 5.41 Å². The fourth-order valence-corrected chi connectivity index (χ4v) is 3.09. The lowest BCUT2D eigenvalue weighted by Gasteiger charge is -2.28. The Morgan fingerprint density at radius 2 is 1.68 bits per heavy atom. The first-order valence-corrected chi connectivity index (χ1v) is 6.75. The number of anilines is 1. The summed E-state index contributed by atoms with van der Waals surface area (Å²) in [4.78, 5) is 13.1. The minimum absolute atomic E-state index is 0.0803. The van der Waals surface area contributed by atoms with Gasteiger partial charge in [-0.1, -0.05) is 43.2 Å². The standard InChI is InChI=1S/C15H18N4/c1-11-17-13(19-14(16)18-11)15(9-5-6-10-15)12-7-3-2-4-8-12/h2-4,7-8H,5-6,9-10H2,1H3,(H2,16,17,18,19). The molecule has 3 rings (SSSR count). The second-order valence-corrected chi connectivity index (χ2v) is 5.22. The van der Waals surface area contributed by atoms with E-state index in [4.69, 9.17) is 5.73 Å². The number of nitrogens with two attached hydrogens (primary N) is 1. The van der Waals surface area contributed by atoms with Crippen LogP contribution in [0.15, 0.2) is 30.3 Å². The predicted octanol–water partition coefficient (Wildman–Crippen LogP) is 2.62. The van der Waals surface area contributed by atoms with Crippen molar-refractivity contribution in [2.24, 2.45) is 0 Å². The van der Waals surface area contributed by atoms with Crippen LogP contribution in [0.25, 0.3) is 0 Å². The van der Waals surface area contributed by atoms with E-state index in [9.17, 15) is 0 Å². The second kappa shape index (κ2) is 4.61. The third-order valence-electron chi connectivity index (χ3n) is 3.98. The van der Waals surface area contributed by atoms with Crippen molar-refractivity contribution < 1.29 is 0 Å². The Bertz CT molecular complexity index is 554. The highest BCUT2D eigenvalue weighted by Crippen LogP contribution is 2.44. The zero-order valence-corrected chi connectivity index (χ0v) is 11.1. The van der Waals surface area contributed by atoms with Crippen LogP contribution in [0.1, 0.15) is 42.9 Å². The van der Waals surface area contributed by atoms with Gasteiger partial charge in [-0.3, -0.25) is 0 Å². The molecule has 1 saturated carbocycles. The van der Waals surface area contributed by atoms with Crippen molar-refractivity contribution in [3.8, 4) is 0 Å². The predicted molar refractivity (Wildman–Crippen MR) is 74.7 cm³/mol. The number of hydrogen-bond acceptors (Lipinski definition) is 4. The Labute approximate surface area is 113 Å². The molecule has 19 heavy (non-hydrogen) atoms. The van der Waals surface area contributed by atoms with E-state index in [1.165, 1.54) is 18.4 Å². The molecule has 1 aliphatic carbocycles.